The molecule has 2 fully saturated rings. The molecule has 0 bridgehead atoms. The van der Waals surface area contributed by atoms with Crippen molar-refractivity contribution in [1.82, 2.24) is 5.32 Å². The first-order valence-corrected chi connectivity index (χ1v) is 4.79. The second-order valence-electron chi connectivity index (χ2n) is 4.15. The Morgan fingerprint density at radius 3 is 2.36 bits per heavy atom. The van der Waals surface area contributed by atoms with Gasteiger partial charge in [-0.25, -0.2) is 0 Å². The molecule has 0 aromatic carbocycles. The summed E-state index contributed by atoms with van der Waals surface area (Å²) in [5.41, 5.74) is -2.08. The average molecular weight is 207 g/mol. The van der Waals surface area contributed by atoms with Crippen molar-refractivity contribution in [1.29, 1.82) is 0 Å². The number of hydrogen-bond donors (Lipinski definition) is 1. The summed E-state index contributed by atoms with van der Waals surface area (Å²) in [6.07, 6.45) is -3.21. The number of rotatable bonds is 2. The Labute approximate surface area is 79.9 Å². The molecule has 0 aromatic heterocycles. The van der Waals surface area contributed by atoms with Crippen LogP contribution in [0.15, 0.2) is 0 Å². The van der Waals surface area contributed by atoms with E-state index in [0.717, 1.165) is 0 Å². The number of nitrogens with one attached hydrogen (secondary N) is 1. The van der Waals surface area contributed by atoms with Crippen molar-refractivity contribution in [3.63, 3.8) is 0 Å². The zero-order valence-corrected chi connectivity index (χ0v) is 7.66. The van der Waals surface area contributed by atoms with E-state index in [1.165, 1.54) is 0 Å². The molecule has 80 valence electrons. The van der Waals surface area contributed by atoms with E-state index in [0.29, 0.717) is 12.8 Å². The van der Waals surface area contributed by atoms with Gasteiger partial charge < -0.3 is 5.32 Å². The van der Waals surface area contributed by atoms with Crippen LogP contribution < -0.4 is 5.32 Å². The predicted molar refractivity (Wildman–Crippen MR) is 43.7 cm³/mol. The van der Waals surface area contributed by atoms with Crippen molar-refractivity contribution >= 4 is 5.78 Å². The molecule has 1 saturated heterocycles. The maximum atomic E-state index is 12.8. The molecule has 1 heterocycles. The third kappa shape index (κ3) is 1.34. The van der Waals surface area contributed by atoms with Gasteiger partial charge in [0.2, 0.25) is 0 Å². The van der Waals surface area contributed by atoms with Gasteiger partial charge in [0, 0.05) is 12.5 Å². The fourth-order valence-electron chi connectivity index (χ4n) is 2.02. The van der Waals surface area contributed by atoms with Crippen LogP contribution in [0.2, 0.25) is 0 Å². The smallest absolute Gasteiger partial charge is 0.315 e. The highest BCUT2D eigenvalue weighted by atomic mass is 19.4. The van der Waals surface area contributed by atoms with Crippen LogP contribution in [0.4, 0.5) is 13.2 Å². The van der Waals surface area contributed by atoms with Crippen LogP contribution in [0.1, 0.15) is 19.3 Å². The molecule has 2 aliphatic rings. The summed E-state index contributed by atoms with van der Waals surface area (Å²) in [5, 5.41) is 2.64. The third-order valence-electron chi connectivity index (χ3n) is 3.12. The Morgan fingerprint density at radius 2 is 2.00 bits per heavy atom. The molecule has 0 radical (unpaired) electrons. The van der Waals surface area contributed by atoms with Crippen LogP contribution in [-0.4, -0.2) is 25.0 Å². The zero-order chi connectivity index (χ0) is 10.4. The van der Waals surface area contributed by atoms with Crippen LogP contribution in [0.3, 0.4) is 0 Å². The minimum absolute atomic E-state index is 0.0914. The zero-order valence-electron chi connectivity index (χ0n) is 7.66. The van der Waals surface area contributed by atoms with E-state index in [1.807, 2.05) is 0 Å². The van der Waals surface area contributed by atoms with Crippen LogP contribution in [0.25, 0.3) is 0 Å². The Balaban J connectivity index is 2.25. The summed E-state index contributed by atoms with van der Waals surface area (Å²) in [6.45, 7) is 0.0593. The van der Waals surface area contributed by atoms with Crippen LogP contribution in [-0.2, 0) is 4.79 Å². The second-order valence-corrected chi connectivity index (χ2v) is 4.15. The standard InChI is InChI=1S/C9H12F3NO/c10-9(11,12)8(3-4-13-5-8)7(14)6-1-2-6/h6,13H,1-5H2. The number of ketones is 1. The van der Waals surface area contributed by atoms with Gasteiger partial charge in [-0.1, -0.05) is 0 Å². The Morgan fingerprint density at radius 1 is 1.36 bits per heavy atom. The number of carbonyl (C=O) groups excluding carboxylic acids is 1. The van der Waals surface area contributed by atoms with Gasteiger partial charge in [0.25, 0.3) is 0 Å². The quantitative estimate of drug-likeness (QED) is 0.743. The highest BCUT2D eigenvalue weighted by Crippen LogP contribution is 2.49. The van der Waals surface area contributed by atoms with Crippen molar-refractivity contribution in [2.75, 3.05) is 13.1 Å². The summed E-state index contributed by atoms with van der Waals surface area (Å²) in [5.74, 6) is -0.911. The van der Waals surface area contributed by atoms with E-state index in [1.54, 1.807) is 0 Å². The molecule has 1 N–H and O–H groups in total. The Bertz CT molecular complexity index is 251. The van der Waals surface area contributed by atoms with Crippen LogP contribution in [0, 0.1) is 11.3 Å². The van der Waals surface area contributed by atoms with E-state index in [4.69, 9.17) is 0 Å². The molecule has 0 aromatic rings. The summed E-state index contributed by atoms with van der Waals surface area (Å²) < 4.78 is 38.4. The first-order valence-electron chi connectivity index (χ1n) is 4.79. The number of Topliss-reactive ketones (excluding diaryl/α,β-unsaturated/α-hetero) is 1. The lowest BCUT2D eigenvalue weighted by Gasteiger charge is -2.29. The molecular weight excluding hydrogens is 195 g/mol. The molecule has 2 rings (SSSR count). The number of carbonyl (C=O) groups is 1. The fraction of sp³-hybridized carbons (Fsp3) is 0.889. The highest BCUT2D eigenvalue weighted by molar-refractivity contribution is 5.90. The second kappa shape index (κ2) is 2.95. The van der Waals surface area contributed by atoms with Gasteiger partial charge >= 0.3 is 6.18 Å². The first kappa shape index (κ1) is 9.96. The third-order valence-corrected chi connectivity index (χ3v) is 3.12. The summed E-state index contributed by atoms with van der Waals surface area (Å²) in [4.78, 5) is 11.6. The van der Waals surface area contributed by atoms with Gasteiger partial charge in [0.15, 0.2) is 5.78 Å². The van der Waals surface area contributed by atoms with Crippen molar-refractivity contribution in [3.8, 4) is 0 Å². The minimum Gasteiger partial charge on any atom is -0.315 e. The maximum Gasteiger partial charge on any atom is 0.402 e. The largest absolute Gasteiger partial charge is 0.402 e. The predicted octanol–water partition coefficient (Wildman–Crippen LogP) is 1.51. The molecular formula is C9H12F3NO. The minimum atomic E-state index is -4.39. The van der Waals surface area contributed by atoms with E-state index < -0.39 is 17.4 Å². The van der Waals surface area contributed by atoms with Gasteiger partial charge in [-0.15, -0.1) is 0 Å². The van der Waals surface area contributed by atoms with Gasteiger partial charge in [0.05, 0.1) is 0 Å². The van der Waals surface area contributed by atoms with E-state index in [-0.39, 0.29) is 25.4 Å². The lowest BCUT2D eigenvalue weighted by atomic mass is 9.79. The summed E-state index contributed by atoms with van der Waals surface area (Å²) >= 11 is 0. The van der Waals surface area contributed by atoms with Crippen molar-refractivity contribution in [2.45, 2.75) is 25.4 Å². The molecule has 1 atom stereocenters. The van der Waals surface area contributed by atoms with Crippen LogP contribution in [0.5, 0.6) is 0 Å². The SMILES string of the molecule is O=C(C1CC1)C1(C(F)(F)F)CCNC1. The molecule has 14 heavy (non-hydrogen) atoms. The lowest BCUT2D eigenvalue weighted by Crippen LogP contribution is -2.47. The van der Waals surface area contributed by atoms with Crippen molar-refractivity contribution in [3.05, 3.63) is 0 Å². The van der Waals surface area contributed by atoms with Gasteiger partial charge in [0.1, 0.15) is 5.41 Å². The molecule has 0 spiro atoms. The number of alkyl halides is 3. The summed E-state index contributed by atoms with van der Waals surface area (Å²) in [7, 11) is 0. The molecule has 1 saturated carbocycles. The van der Waals surface area contributed by atoms with E-state index in [9.17, 15) is 18.0 Å². The summed E-state index contributed by atoms with van der Waals surface area (Å²) in [6, 6.07) is 0. The monoisotopic (exact) mass is 207 g/mol. The maximum absolute atomic E-state index is 12.8. The Hall–Kier alpha value is -0.580. The molecule has 0 amide bonds. The molecule has 5 heteroatoms. The van der Waals surface area contributed by atoms with E-state index in [2.05, 4.69) is 5.32 Å². The molecule has 1 aliphatic heterocycles. The highest BCUT2D eigenvalue weighted by Gasteiger charge is 2.63. The van der Waals surface area contributed by atoms with Crippen molar-refractivity contribution < 1.29 is 18.0 Å². The first-order chi connectivity index (χ1) is 6.47. The molecule has 1 unspecified atom stereocenters. The normalized spacial score (nSPS) is 33.4. The van der Waals surface area contributed by atoms with Crippen molar-refractivity contribution in [2.24, 2.45) is 11.3 Å². The number of halogens is 3. The topological polar surface area (TPSA) is 29.1 Å². The van der Waals surface area contributed by atoms with Crippen LogP contribution >= 0.6 is 0 Å². The molecule has 1 aliphatic carbocycles. The van der Waals surface area contributed by atoms with Gasteiger partial charge in [-0.2, -0.15) is 13.2 Å². The van der Waals surface area contributed by atoms with E-state index >= 15 is 0 Å². The lowest BCUT2D eigenvalue weighted by molar-refractivity contribution is -0.215. The van der Waals surface area contributed by atoms with Gasteiger partial charge in [-0.05, 0) is 25.8 Å². The average Bonchev–Trinajstić information content (AvgIpc) is 2.79. The Kier molecular flexibility index (Phi) is 2.10. The van der Waals surface area contributed by atoms with Gasteiger partial charge in [-0.3, -0.25) is 4.79 Å². The molecule has 2 nitrogen and oxygen atoms in total. The fourth-order valence-corrected chi connectivity index (χ4v) is 2.02. The number of hydrogen-bond acceptors (Lipinski definition) is 2.